The van der Waals surface area contributed by atoms with E-state index in [4.69, 9.17) is 0 Å². The number of aryl methyl sites for hydroxylation is 1. The van der Waals surface area contributed by atoms with Crippen LogP contribution in [0.1, 0.15) is 53.1 Å². The Hall–Kier alpha value is -2.27. The molecule has 2 heterocycles. The van der Waals surface area contributed by atoms with Crippen LogP contribution >= 0.6 is 0 Å². The second kappa shape index (κ2) is 9.49. The molecular weight excluding hydrogens is 360 g/mol. The maximum Gasteiger partial charge on any atom is 0.268 e. The third kappa shape index (κ3) is 4.50. The van der Waals surface area contributed by atoms with Crippen LogP contribution in [0.25, 0.3) is 0 Å². The zero-order valence-electron chi connectivity index (χ0n) is 18.7. The van der Waals surface area contributed by atoms with E-state index < -0.39 is 0 Å². The van der Waals surface area contributed by atoms with Crippen molar-refractivity contribution in [1.29, 1.82) is 0 Å². The first-order chi connectivity index (χ1) is 14.0. The molecule has 29 heavy (non-hydrogen) atoms. The molecule has 1 N–H and O–H groups in total. The number of nitrogens with one attached hydrogen (secondary N) is 1. The zero-order chi connectivity index (χ0) is 21.0. The lowest BCUT2D eigenvalue weighted by molar-refractivity contribution is 0.0944. The van der Waals surface area contributed by atoms with Crippen LogP contribution < -0.4 is 10.2 Å². The molecule has 1 aliphatic rings. The molecule has 0 unspecified atom stereocenters. The molecule has 0 bridgehead atoms. The Morgan fingerprint density at radius 1 is 1.03 bits per heavy atom. The molecule has 0 spiro atoms. The van der Waals surface area contributed by atoms with E-state index in [9.17, 15) is 4.79 Å². The predicted molar refractivity (Wildman–Crippen MR) is 121 cm³/mol. The van der Waals surface area contributed by atoms with E-state index >= 15 is 0 Å². The second-order valence-corrected chi connectivity index (χ2v) is 8.10. The summed E-state index contributed by atoms with van der Waals surface area (Å²) in [6.45, 7) is 17.5. The van der Waals surface area contributed by atoms with Gasteiger partial charge in [-0.05, 0) is 44.9 Å². The number of anilines is 1. The van der Waals surface area contributed by atoms with Crippen LogP contribution in [0.15, 0.2) is 24.3 Å². The summed E-state index contributed by atoms with van der Waals surface area (Å²) in [4.78, 5) is 18.1. The Morgan fingerprint density at radius 2 is 1.72 bits per heavy atom. The number of rotatable bonds is 7. The van der Waals surface area contributed by atoms with E-state index in [2.05, 4.69) is 78.6 Å². The van der Waals surface area contributed by atoms with Crippen molar-refractivity contribution in [2.24, 2.45) is 0 Å². The number of benzene rings is 1. The molecule has 0 radical (unpaired) electrons. The average molecular weight is 397 g/mol. The van der Waals surface area contributed by atoms with Crippen LogP contribution in [0.3, 0.4) is 0 Å². The fraction of sp³-hybridized carbons (Fsp3) is 0.542. The molecule has 1 aromatic carbocycles. The van der Waals surface area contributed by atoms with Crippen LogP contribution in [0.5, 0.6) is 0 Å². The standard InChI is InChI=1S/C24H36N4O/c1-6-12-25-24(29)23-19(4)22(27-15-13-26(7-2)14-16-27)20(5)28(23)17-21-11-9-8-10-18(21)3/h8-11H,6-7,12-17H2,1-5H3,(H,25,29). The number of carbonyl (C=O) groups is 1. The van der Waals surface area contributed by atoms with Crippen molar-refractivity contribution >= 4 is 11.6 Å². The molecule has 0 aliphatic carbocycles. The molecule has 1 fully saturated rings. The minimum absolute atomic E-state index is 0.0412. The van der Waals surface area contributed by atoms with E-state index in [1.165, 1.54) is 22.5 Å². The van der Waals surface area contributed by atoms with Gasteiger partial charge < -0.3 is 19.7 Å². The molecule has 0 saturated carbocycles. The van der Waals surface area contributed by atoms with Crippen LogP contribution in [-0.4, -0.2) is 54.6 Å². The lowest BCUT2D eigenvalue weighted by atomic mass is 10.1. The maximum absolute atomic E-state index is 13.1. The van der Waals surface area contributed by atoms with Crippen molar-refractivity contribution in [2.75, 3.05) is 44.2 Å². The number of aromatic nitrogens is 1. The normalized spacial score (nSPS) is 15.0. The average Bonchev–Trinajstić information content (AvgIpc) is 2.97. The number of nitrogens with zero attached hydrogens (tertiary/aromatic N) is 3. The highest BCUT2D eigenvalue weighted by atomic mass is 16.1. The van der Waals surface area contributed by atoms with E-state index in [-0.39, 0.29) is 5.91 Å². The number of carbonyl (C=O) groups excluding carboxylic acids is 1. The van der Waals surface area contributed by atoms with Gasteiger partial charge in [-0.3, -0.25) is 4.79 Å². The van der Waals surface area contributed by atoms with Gasteiger partial charge in [-0.25, -0.2) is 0 Å². The Morgan fingerprint density at radius 3 is 2.34 bits per heavy atom. The van der Waals surface area contributed by atoms with Gasteiger partial charge in [0, 0.05) is 50.5 Å². The van der Waals surface area contributed by atoms with Gasteiger partial charge in [0.25, 0.3) is 5.91 Å². The summed E-state index contributed by atoms with van der Waals surface area (Å²) in [6, 6.07) is 8.45. The summed E-state index contributed by atoms with van der Waals surface area (Å²) in [5.41, 5.74) is 6.88. The van der Waals surface area contributed by atoms with Gasteiger partial charge in [0.15, 0.2) is 0 Å². The molecule has 1 aliphatic heterocycles. The van der Waals surface area contributed by atoms with Crippen LogP contribution in [0, 0.1) is 20.8 Å². The molecule has 1 amide bonds. The predicted octanol–water partition coefficient (Wildman–Crippen LogP) is 3.74. The van der Waals surface area contributed by atoms with Gasteiger partial charge in [0.1, 0.15) is 5.69 Å². The Labute approximate surface area is 175 Å². The van der Waals surface area contributed by atoms with Gasteiger partial charge >= 0.3 is 0 Å². The Bertz CT molecular complexity index is 847. The lowest BCUT2D eigenvalue weighted by Gasteiger charge is -2.36. The van der Waals surface area contributed by atoms with Gasteiger partial charge in [0.2, 0.25) is 0 Å². The summed E-state index contributed by atoms with van der Waals surface area (Å²) >= 11 is 0. The van der Waals surface area contributed by atoms with E-state index in [0.717, 1.165) is 56.9 Å². The highest BCUT2D eigenvalue weighted by Crippen LogP contribution is 2.32. The van der Waals surface area contributed by atoms with Crippen molar-refractivity contribution in [3.63, 3.8) is 0 Å². The van der Waals surface area contributed by atoms with Gasteiger partial charge in [-0.1, -0.05) is 38.1 Å². The first-order valence-electron chi connectivity index (χ1n) is 11.0. The minimum atomic E-state index is 0.0412. The highest BCUT2D eigenvalue weighted by molar-refractivity contribution is 5.96. The quantitative estimate of drug-likeness (QED) is 0.775. The summed E-state index contributed by atoms with van der Waals surface area (Å²) in [5.74, 6) is 0.0412. The Kier molecular flexibility index (Phi) is 7.01. The molecule has 2 aromatic rings. The van der Waals surface area contributed by atoms with Crippen molar-refractivity contribution in [3.05, 3.63) is 52.3 Å². The molecule has 1 aromatic heterocycles. The maximum atomic E-state index is 13.1. The highest BCUT2D eigenvalue weighted by Gasteiger charge is 2.27. The fourth-order valence-corrected chi connectivity index (χ4v) is 4.41. The number of hydrogen-bond acceptors (Lipinski definition) is 3. The van der Waals surface area contributed by atoms with Gasteiger partial charge in [-0.15, -0.1) is 0 Å². The van der Waals surface area contributed by atoms with Crippen molar-refractivity contribution in [2.45, 2.75) is 47.6 Å². The lowest BCUT2D eigenvalue weighted by Crippen LogP contribution is -2.46. The second-order valence-electron chi connectivity index (χ2n) is 8.10. The number of hydrogen-bond donors (Lipinski definition) is 1. The summed E-state index contributed by atoms with van der Waals surface area (Å²) in [6.07, 6.45) is 0.939. The monoisotopic (exact) mass is 396 g/mol. The molecule has 5 heteroatoms. The van der Waals surface area contributed by atoms with Gasteiger partial charge in [0.05, 0.1) is 5.69 Å². The smallest absolute Gasteiger partial charge is 0.268 e. The first-order valence-corrected chi connectivity index (χ1v) is 11.0. The third-order valence-corrected chi connectivity index (χ3v) is 6.20. The van der Waals surface area contributed by atoms with Crippen LogP contribution in [-0.2, 0) is 6.54 Å². The molecular formula is C24H36N4O. The van der Waals surface area contributed by atoms with Crippen molar-refractivity contribution in [1.82, 2.24) is 14.8 Å². The largest absolute Gasteiger partial charge is 0.367 e. The number of amides is 1. The summed E-state index contributed by atoms with van der Waals surface area (Å²) in [5, 5.41) is 3.10. The minimum Gasteiger partial charge on any atom is -0.367 e. The topological polar surface area (TPSA) is 40.5 Å². The fourth-order valence-electron chi connectivity index (χ4n) is 4.41. The zero-order valence-corrected chi connectivity index (χ0v) is 18.7. The van der Waals surface area contributed by atoms with E-state index in [0.29, 0.717) is 6.54 Å². The van der Waals surface area contributed by atoms with Crippen molar-refractivity contribution in [3.8, 4) is 0 Å². The SMILES string of the molecule is CCCNC(=O)c1c(C)c(N2CCN(CC)CC2)c(C)n1Cc1ccccc1C. The number of piperazine rings is 1. The molecule has 1 saturated heterocycles. The summed E-state index contributed by atoms with van der Waals surface area (Å²) in [7, 11) is 0. The molecule has 158 valence electrons. The van der Waals surface area contributed by atoms with E-state index in [1.54, 1.807) is 0 Å². The molecule has 3 rings (SSSR count). The number of likely N-dealkylation sites (N-methyl/N-ethyl adjacent to an activating group) is 1. The molecule has 0 atom stereocenters. The van der Waals surface area contributed by atoms with Crippen LogP contribution in [0.4, 0.5) is 5.69 Å². The molecule has 5 nitrogen and oxygen atoms in total. The van der Waals surface area contributed by atoms with Crippen molar-refractivity contribution < 1.29 is 4.79 Å². The van der Waals surface area contributed by atoms with E-state index in [1.807, 2.05) is 0 Å². The third-order valence-electron chi connectivity index (χ3n) is 6.20. The van der Waals surface area contributed by atoms with Crippen LogP contribution in [0.2, 0.25) is 0 Å². The Balaban J connectivity index is 2.01. The summed E-state index contributed by atoms with van der Waals surface area (Å²) < 4.78 is 2.23. The first kappa shape index (κ1) is 21.4. The van der Waals surface area contributed by atoms with Gasteiger partial charge in [-0.2, -0.15) is 0 Å².